The number of nitrogens with one attached hydrogen (secondary N) is 1. The van der Waals surface area contributed by atoms with Crippen LogP contribution in [0.25, 0.3) is 0 Å². The number of rotatable bonds is 10. The van der Waals surface area contributed by atoms with Crippen molar-refractivity contribution in [1.82, 2.24) is 19.8 Å². The maximum absolute atomic E-state index is 12.9. The van der Waals surface area contributed by atoms with Crippen LogP contribution in [0, 0.1) is 0 Å². The molecule has 2 aromatic heterocycles. The second kappa shape index (κ2) is 12.0. The zero-order valence-electron chi connectivity index (χ0n) is 23.2. The molecule has 3 heterocycles. The lowest BCUT2D eigenvalue weighted by molar-refractivity contribution is 0.0782. The molecule has 0 bridgehead atoms. The molecule has 40 heavy (non-hydrogen) atoms. The molecule has 0 saturated carbocycles. The summed E-state index contributed by atoms with van der Waals surface area (Å²) < 4.78 is 25.4. The van der Waals surface area contributed by atoms with E-state index in [2.05, 4.69) is 20.2 Å². The first-order valence-corrected chi connectivity index (χ1v) is 14.7. The molecule has 0 spiro atoms. The van der Waals surface area contributed by atoms with Gasteiger partial charge in [0.1, 0.15) is 0 Å². The second-order valence-corrected chi connectivity index (χ2v) is 12.2. The first-order valence-electron chi connectivity index (χ1n) is 12.9. The van der Waals surface area contributed by atoms with Gasteiger partial charge in [-0.1, -0.05) is 18.2 Å². The zero-order valence-corrected chi connectivity index (χ0v) is 24.0. The molecule has 2 amide bonds. The summed E-state index contributed by atoms with van der Waals surface area (Å²) >= 11 is 0. The molecular formula is C28H35N7O4S. The number of likely N-dealkylation sites (tertiary alicyclic amines) is 1. The summed E-state index contributed by atoms with van der Waals surface area (Å²) in [4.78, 5) is 37.9. The molecule has 212 valence electrons. The topological polar surface area (TPSA) is 142 Å². The fraction of sp³-hybridized carbons (Fsp3) is 0.357. The molecule has 1 aliphatic heterocycles. The number of hydrogen-bond donors (Lipinski definition) is 2. The van der Waals surface area contributed by atoms with E-state index in [4.69, 9.17) is 5.73 Å². The van der Waals surface area contributed by atoms with Crippen LogP contribution in [0.4, 0.5) is 11.4 Å². The Hall–Kier alpha value is -4.03. The Morgan fingerprint density at radius 3 is 2.42 bits per heavy atom. The Labute approximate surface area is 235 Å². The van der Waals surface area contributed by atoms with Gasteiger partial charge in [-0.05, 0) is 50.3 Å². The third kappa shape index (κ3) is 6.75. The smallest absolute Gasteiger partial charge is 0.255 e. The van der Waals surface area contributed by atoms with Gasteiger partial charge in [-0.25, -0.2) is 8.42 Å². The molecule has 0 aliphatic carbocycles. The quantitative estimate of drug-likeness (QED) is 0.380. The van der Waals surface area contributed by atoms with Crippen molar-refractivity contribution in [3.63, 3.8) is 0 Å². The number of likely N-dealkylation sites (N-methyl/N-ethyl adjacent to an activating group) is 1. The highest BCUT2D eigenvalue weighted by Crippen LogP contribution is 2.24. The van der Waals surface area contributed by atoms with Crippen LogP contribution in [-0.4, -0.2) is 86.5 Å². The van der Waals surface area contributed by atoms with Crippen LogP contribution < -0.4 is 15.4 Å². The number of anilines is 2. The maximum atomic E-state index is 12.9. The van der Waals surface area contributed by atoms with E-state index in [1.165, 1.54) is 17.5 Å². The van der Waals surface area contributed by atoms with Crippen LogP contribution in [0.5, 0.6) is 0 Å². The number of pyridine rings is 2. The van der Waals surface area contributed by atoms with Gasteiger partial charge in [-0.15, -0.1) is 0 Å². The molecule has 11 nitrogen and oxygen atoms in total. The average molecular weight is 566 g/mol. The minimum absolute atomic E-state index is 0.0272. The lowest BCUT2D eigenvalue weighted by Crippen LogP contribution is -2.34. The van der Waals surface area contributed by atoms with E-state index in [9.17, 15) is 18.0 Å². The highest BCUT2D eigenvalue weighted by molar-refractivity contribution is 7.92. The number of para-hydroxylation sites is 1. The van der Waals surface area contributed by atoms with Crippen LogP contribution in [0.1, 0.15) is 44.1 Å². The summed E-state index contributed by atoms with van der Waals surface area (Å²) in [5, 5.41) is 3.21. The Balaban J connectivity index is 1.48. The highest BCUT2D eigenvalue weighted by atomic mass is 32.2. The standard InChI is InChI=1S/C28H35N7O4S/c1-33(2)23-11-12-35(18-23)28(37)20-9-10-21(30-16-20)13-22-14-25(24(17-31-22)27(29)36)32-15-19-7-5-6-8-26(19)34(3)40(4,38)39/h5-10,14,16-17,23H,11-13,15,18H2,1-4H3,(H2,29,36)(H,31,32). The van der Waals surface area contributed by atoms with E-state index in [-0.39, 0.29) is 18.0 Å². The summed E-state index contributed by atoms with van der Waals surface area (Å²) in [6, 6.07) is 12.8. The number of carbonyl (C=O) groups excluding carboxylic acids is 2. The minimum Gasteiger partial charge on any atom is -0.380 e. The number of hydrogen-bond acceptors (Lipinski definition) is 8. The number of amides is 2. The molecular weight excluding hydrogens is 530 g/mol. The van der Waals surface area contributed by atoms with Crippen molar-refractivity contribution in [3.8, 4) is 0 Å². The number of primary amides is 1. The van der Waals surface area contributed by atoms with E-state index in [0.29, 0.717) is 41.6 Å². The Morgan fingerprint density at radius 1 is 1.07 bits per heavy atom. The van der Waals surface area contributed by atoms with Gasteiger partial charge >= 0.3 is 0 Å². The van der Waals surface area contributed by atoms with E-state index in [1.807, 2.05) is 31.1 Å². The molecule has 0 radical (unpaired) electrons. The number of benzene rings is 1. The Morgan fingerprint density at radius 2 is 1.80 bits per heavy atom. The minimum atomic E-state index is -3.45. The zero-order chi connectivity index (χ0) is 29.0. The van der Waals surface area contributed by atoms with Crippen LogP contribution in [-0.2, 0) is 23.0 Å². The number of aromatic nitrogens is 2. The summed E-state index contributed by atoms with van der Waals surface area (Å²) in [7, 11) is 2.08. The molecule has 1 unspecified atom stereocenters. The monoisotopic (exact) mass is 565 g/mol. The Kier molecular flexibility index (Phi) is 8.70. The van der Waals surface area contributed by atoms with Crippen molar-refractivity contribution in [2.45, 2.75) is 25.4 Å². The van der Waals surface area contributed by atoms with E-state index in [0.717, 1.165) is 30.5 Å². The van der Waals surface area contributed by atoms with Crippen LogP contribution in [0.3, 0.4) is 0 Å². The maximum Gasteiger partial charge on any atom is 0.255 e. The number of nitrogens with two attached hydrogens (primary N) is 1. The van der Waals surface area contributed by atoms with Gasteiger partial charge in [0.25, 0.3) is 11.8 Å². The predicted molar refractivity (Wildman–Crippen MR) is 155 cm³/mol. The van der Waals surface area contributed by atoms with Crippen LogP contribution in [0.15, 0.2) is 54.9 Å². The third-order valence-electron chi connectivity index (χ3n) is 7.14. The van der Waals surface area contributed by atoms with E-state index >= 15 is 0 Å². The first kappa shape index (κ1) is 29.0. The van der Waals surface area contributed by atoms with Crippen molar-refractivity contribution in [3.05, 3.63) is 82.9 Å². The van der Waals surface area contributed by atoms with Gasteiger partial charge in [-0.2, -0.15) is 0 Å². The van der Waals surface area contributed by atoms with Crippen LogP contribution >= 0.6 is 0 Å². The fourth-order valence-electron chi connectivity index (χ4n) is 4.65. The van der Waals surface area contributed by atoms with Gasteiger partial charge in [0.2, 0.25) is 10.0 Å². The molecule has 1 fully saturated rings. The highest BCUT2D eigenvalue weighted by Gasteiger charge is 2.28. The van der Waals surface area contributed by atoms with Crippen molar-refractivity contribution >= 4 is 33.2 Å². The lowest BCUT2D eigenvalue weighted by atomic mass is 10.1. The molecule has 3 aromatic rings. The first-order chi connectivity index (χ1) is 18.9. The SMILES string of the molecule is CN(C)C1CCN(C(=O)c2ccc(Cc3cc(NCc4ccccc4N(C)S(C)(=O)=O)c(C(N)=O)cn3)nc2)C1. The predicted octanol–water partition coefficient (Wildman–Crippen LogP) is 1.95. The molecule has 1 aliphatic rings. The van der Waals surface area contributed by atoms with Crippen molar-refractivity contribution in [2.24, 2.45) is 5.73 Å². The summed E-state index contributed by atoms with van der Waals surface area (Å²) in [6.45, 7) is 1.68. The van der Waals surface area contributed by atoms with E-state index < -0.39 is 15.9 Å². The van der Waals surface area contributed by atoms with Crippen molar-refractivity contribution in [2.75, 3.05) is 50.1 Å². The van der Waals surface area contributed by atoms with Gasteiger partial charge in [0.15, 0.2) is 0 Å². The summed E-state index contributed by atoms with van der Waals surface area (Å²) in [5.74, 6) is -0.664. The molecule has 1 saturated heterocycles. The van der Waals surface area contributed by atoms with Crippen LogP contribution in [0.2, 0.25) is 0 Å². The second-order valence-electron chi connectivity index (χ2n) is 10.2. The molecule has 1 atom stereocenters. The molecule has 1 aromatic carbocycles. The number of carbonyl (C=O) groups is 2. The van der Waals surface area contributed by atoms with Crippen molar-refractivity contribution in [1.29, 1.82) is 0 Å². The molecule has 3 N–H and O–H groups in total. The Bertz CT molecular complexity index is 1490. The number of nitrogens with zero attached hydrogens (tertiary/aromatic N) is 5. The fourth-order valence-corrected chi connectivity index (χ4v) is 5.18. The van der Waals surface area contributed by atoms with Gasteiger partial charge in [0, 0.05) is 62.9 Å². The van der Waals surface area contributed by atoms with Gasteiger partial charge in [-0.3, -0.25) is 23.9 Å². The van der Waals surface area contributed by atoms with Crippen molar-refractivity contribution < 1.29 is 18.0 Å². The van der Waals surface area contributed by atoms with Gasteiger partial charge in [0.05, 0.1) is 28.8 Å². The third-order valence-corrected chi connectivity index (χ3v) is 8.33. The number of sulfonamides is 1. The molecule has 12 heteroatoms. The lowest BCUT2D eigenvalue weighted by Gasteiger charge is -2.21. The normalized spacial score (nSPS) is 15.3. The van der Waals surface area contributed by atoms with E-state index in [1.54, 1.807) is 36.5 Å². The average Bonchev–Trinajstić information content (AvgIpc) is 3.42. The largest absolute Gasteiger partial charge is 0.380 e. The van der Waals surface area contributed by atoms with Gasteiger partial charge < -0.3 is 20.9 Å². The molecule has 4 rings (SSSR count). The summed E-state index contributed by atoms with van der Waals surface area (Å²) in [5.41, 5.74) is 9.43. The summed E-state index contributed by atoms with van der Waals surface area (Å²) in [6.07, 6.45) is 5.48.